The van der Waals surface area contributed by atoms with Gasteiger partial charge in [0.15, 0.2) is 11.0 Å². The summed E-state index contributed by atoms with van der Waals surface area (Å²) in [7, 11) is 0. The van der Waals surface area contributed by atoms with E-state index in [0.29, 0.717) is 22.8 Å². The number of thiol groups is 1. The highest BCUT2D eigenvalue weighted by Gasteiger charge is 2.31. The number of ether oxygens (including phenoxy) is 1. The van der Waals surface area contributed by atoms with Crippen LogP contribution >= 0.6 is 12.6 Å². The van der Waals surface area contributed by atoms with Gasteiger partial charge in [0.25, 0.3) is 0 Å². The molecule has 1 heterocycles. The van der Waals surface area contributed by atoms with Crippen molar-refractivity contribution in [1.29, 1.82) is 0 Å². The minimum Gasteiger partial charge on any atom is -0.406 e. The zero-order valence-electron chi connectivity index (χ0n) is 21.2. The Labute approximate surface area is 228 Å². The molecule has 0 unspecified atom stereocenters. The summed E-state index contributed by atoms with van der Waals surface area (Å²) in [6.45, 7) is 6.19. The number of amides is 2. The van der Waals surface area contributed by atoms with Crippen LogP contribution in [0.5, 0.6) is 5.75 Å². The van der Waals surface area contributed by atoms with Crippen LogP contribution in [0, 0.1) is 6.92 Å². The first-order valence-electron chi connectivity index (χ1n) is 11.8. The van der Waals surface area contributed by atoms with E-state index in [1.807, 2.05) is 19.1 Å². The summed E-state index contributed by atoms with van der Waals surface area (Å²) in [5, 5.41) is 10.3. The Morgan fingerprint density at radius 3 is 2.36 bits per heavy atom. The molecule has 0 spiro atoms. The second kappa shape index (κ2) is 11.6. The van der Waals surface area contributed by atoms with E-state index < -0.39 is 12.4 Å². The third-order valence-corrected chi connectivity index (χ3v) is 5.72. The van der Waals surface area contributed by atoms with Gasteiger partial charge in [-0.3, -0.25) is 0 Å². The molecule has 0 saturated carbocycles. The van der Waals surface area contributed by atoms with Crippen LogP contribution in [0.25, 0.3) is 17.1 Å². The van der Waals surface area contributed by atoms with Crippen LogP contribution in [0.3, 0.4) is 0 Å². The van der Waals surface area contributed by atoms with Gasteiger partial charge < -0.3 is 15.4 Å². The molecule has 0 aliphatic heterocycles. The van der Waals surface area contributed by atoms with Gasteiger partial charge in [-0.15, -0.1) is 30.9 Å². The number of aromatic nitrogens is 3. The SMILES string of the molecule is Cc1ccc(N/C(S)=N/C(=O)Nc2ccc(-c3ncn(-c4ccc(OC(F)(F)F)cc4)n3)cc2)c(C(C)C)c1. The molecule has 12 heteroatoms. The predicted molar refractivity (Wildman–Crippen MR) is 148 cm³/mol. The summed E-state index contributed by atoms with van der Waals surface area (Å²) in [5.41, 5.74) is 4.75. The summed E-state index contributed by atoms with van der Waals surface area (Å²) in [6, 6.07) is 17.4. The maximum absolute atomic E-state index is 12.4. The van der Waals surface area contributed by atoms with Gasteiger partial charge >= 0.3 is 12.4 Å². The first-order chi connectivity index (χ1) is 18.5. The van der Waals surface area contributed by atoms with Gasteiger partial charge in [0.05, 0.1) is 5.69 Å². The molecule has 0 atom stereocenters. The fourth-order valence-electron chi connectivity index (χ4n) is 3.69. The number of halogens is 3. The molecule has 0 aliphatic rings. The number of aryl methyl sites for hydroxylation is 1. The molecule has 39 heavy (non-hydrogen) atoms. The fourth-order valence-corrected chi connectivity index (χ4v) is 3.90. The lowest BCUT2D eigenvalue weighted by Gasteiger charge is -2.15. The van der Waals surface area contributed by atoms with Crippen molar-refractivity contribution in [2.45, 2.75) is 33.1 Å². The number of amidine groups is 1. The minimum absolute atomic E-state index is 0.155. The lowest BCUT2D eigenvalue weighted by Crippen LogP contribution is -2.17. The van der Waals surface area contributed by atoms with Crippen molar-refractivity contribution in [3.63, 3.8) is 0 Å². The van der Waals surface area contributed by atoms with Gasteiger partial charge in [-0.2, -0.15) is 4.99 Å². The second-order valence-corrected chi connectivity index (χ2v) is 9.29. The van der Waals surface area contributed by atoms with Crippen LogP contribution in [0.1, 0.15) is 30.9 Å². The van der Waals surface area contributed by atoms with Crippen LogP contribution in [-0.4, -0.2) is 32.3 Å². The third kappa shape index (κ3) is 7.60. The van der Waals surface area contributed by atoms with E-state index in [4.69, 9.17) is 0 Å². The zero-order valence-corrected chi connectivity index (χ0v) is 22.1. The Hall–Kier alpha value is -4.32. The van der Waals surface area contributed by atoms with Gasteiger partial charge in [0.1, 0.15) is 12.1 Å². The Balaban J connectivity index is 1.38. The highest BCUT2D eigenvalue weighted by molar-refractivity contribution is 7.97. The molecule has 2 amide bonds. The van der Waals surface area contributed by atoms with Crippen molar-refractivity contribution < 1.29 is 22.7 Å². The number of alkyl halides is 3. The smallest absolute Gasteiger partial charge is 0.406 e. The average Bonchev–Trinajstić information content (AvgIpc) is 3.35. The number of aliphatic imine (C=N–C) groups is 1. The molecule has 4 aromatic rings. The molecule has 0 fully saturated rings. The number of rotatable bonds is 6. The fraction of sp³-hybridized carbons (Fsp3) is 0.185. The Kier molecular flexibility index (Phi) is 8.24. The highest BCUT2D eigenvalue weighted by atomic mass is 32.1. The molecule has 4 rings (SSSR count). The molecular formula is C27H25F3N6O2S. The van der Waals surface area contributed by atoms with Crippen molar-refractivity contribution in [2.75, 3.05) is 10.6 Å². The van der Waals surface area contributed by atoms with Gasteiger partial charge in [0.2, 0.25) is 0 Å². The normalized spacial score (nSPS) is 11.9. The first-order valence-corrected chi connectivity index (χ1v) is 12.3. The lowest BCUT2D eigenvalue weighted by molar-refractivity contribution is -0.274. The molecule has 3 aromatic carbocycles. The molecule has 8 nitrogen and oxygen atoms in total. The molecule has 1 aromatic heterocycles. The third-order valence-electron chi connectivity index (χ3n) is 5.50. The quantitative estimate of drug-likeness (QED) is 0.133. The Bertz CT molecular complexity index is 1480. The van der Waals surface area contributed by atoms with E-state index in [-0.39, 0.29) is 16.8 Å². The Morgan fingerprint density at radius 2 is 1.72 bits per heavy atom. The monoisotopic (exact) mass is 554 g/mol. The van der Waals surface area contributed by atoms with E-state index in [0.717, 1.165) is 16.8 Å². The number of benzene rings is 3. The number of anilines is 2. The standard InChI is InChI=1S/C27H25F3N6O2S/c1-16(2)22-14-17(3)4-13-23(22)33-26(39)34-25(37)32-19-7-5-18(6-8-19)24-31-15-36(35-24)20-9-11-21(12-10-20)38-27(28,29)30/h4-16H,1-3H3,(H3,32,33,34,37,39). The summed E-state index contributed by atoms with van der Waals surface area (Å²) >= 11 is 4.31. The predicted octanol–water partition coefficient (Wildman–Crippen LogP) is 7.19. The van der Waals surface area contributed by atoms with Crippen LogP contribution in [0.2, 0.25) is 0 Å². The molecule has 0 saturated heterocycles. The zero-order chi connectivity index (χ0) is 28.2. The van der Waals surface area contributed by atoms with Crippen molar-refractivity contribution in [3.8, 4) is 22.8 Å². The molecule has 202 valence electrons. The highest BCUT2D eigenvalue weighted by Crippen LogP contribution is 2.26. The van der Waals surface area contributed by atoms with Gasteiger partial charge in [0, 0.05) is 16.9 Å². The van der Waals surface area contributed by atoms with Gasteiger partial charge in [-0.05, 0) is 73.0 Å². The van der Waals surface area contributed by atoms with E-state index in [9.17, 15) is 18.0 Å². The van der Waals surface area contributed by atoms with E-state index in [2.05, 4.69) is 63.0 Å². The molecule has 2 N–H and O–H groups in total. The Morgan fingerprint density at radius 1 is 1.03 bits per heavy atom. The second-order valence-electron chi connectivity index (χ2n) is 8.87. The maximum Gasteiger partial charge on any atom is 0.573 e. The van der Waals surface area contributed by atoms with E-state index in [1.165, 1.54) is 35.3 Å². The first kappa shape index (κ1) is 27.7. The van der Waals surface area contributed by atoms with E-state index >= 15 is 0 Å². The largest absolute Gasteiger partial charge is 0.573 e. The number of carbonyl (C=O) groups excluding carboxylic acids is 1. The minimum atomic E-state index is -4.76. The lowest BCUT2D eigenvalue weighted by atomic mass is 9.99. The average molecular weight is 555 g/mol. The number of nitrogens with one attached hydrogen (secondary N) is 2. The maximum atomic E-state index is 12.4. The van der Waals surface area contributed by atoms with Gasteiger partial charge in [-0.1, -0.05) is 31.5 Å². The van der Waals surface area contributed by atoms with Crippen LogP contribution in [-0.2, 0) is 0 Å². The number of urea groups is 1. The molecule has 0 bridgehead atoms. The number of carbonyl (C=O) groups is 1. The molecular weight excluding hydrogens is 529 g/mol. The summed E-state index contributed by atoms with van der Waals surface area (Å²) in [5.74, 6) is 0.340. The number of hydrogen-bond donors (Lipinski definition) is 3. The summed E-state index contributed by atoms with van der Waals surface area (Å²) < 4.78 is 42.4. The number of hydrogen-bond acceptors (Lipinski definition) is 4. The van der Waals surface area contributed by atoms with Gasteiger partial charge in [-0.25, -0.2) is 14.5 Å². The summed E-state index contributed by atoms with van der Waals surface area (Å²) in [4.78, 5) is 20.6. The van der Waals surface area contributed by atoms with Crippen molar-refractivity contribution in [2.24, 2.45) is 4.99 Å². The summed E-state index contributed by atoms with van der Waals surface area (Å²) in [6.07, 6.45) is -3.32. The van der Waals surface area contributed by atoms with Crippen molar-refractivity contribution in [1.82, 2.24) is 14.8 Å². The topological polar surface area (TPSA) is 93.4 Å². The van der Waals surface area contributed by atoms with Crippen LogP contribution < -0.4 is 15.4 Å². The van der Waals surface area contributed by atoms with Crippen molar-refractivity contribution in [3.05, 3.63) is 84.2 Å². The van der Waals surface area contributed by atoms with Crippen LogP contribution in [0.4, 0.5) is 29.3 Å². The van der Waals surface area contributed by atoms with Crippen LogP contribution in [0.15, 0.2) is 78.0 Å². The number of nitrogens with zero attached hydrogens (tertiary/aromatic N) is 4. The van der Waals surface area contributed by atoms with Crippen molar-refractivity contribution >= 4 is 35.2 Å². The van der Waals surface area contributed by atoms with E-state index in [1.54, 1.807) is 24.3 Å². The molecule has 0 radical (unpaired) electrons. The molecule has 0 aliphatic carbocycles.